The molecular formula is C69H134O17P2. The van der Waals surface area contributed by atoms with Crippen molar-refractivity contribution < 1.29 is 80.2 Å². The predicted octanol–water partition coefficient (Wildman–Crippen LogP) is 19.6. The Morgan fingerprint density at radius 3 is 0.773 bits per heavy atom. The molecule has 5 atom stereocenters. The van der Waals surface area contributed by atoms with Crippen molar-refractivity contribution in [3.8, 4) is 0 Å². The number of hydrogen-bond donors (Lipinski definition) is 3. The van der Waals surface area contributed by atoms with Crippen molar-refractivity contribution in [1.29, 1.82) is 0 Å². The molecule has 0 aliphatic rings. The number of phosphoric ester groups is 2. The maximum absolute atomic E-state index is 13.0. The number of unbranched alkanes of at least 4 members (excludes halogenated alkanes) is 38. The van der Waals surface area contributed by atoms with Gasteiger partial charge >= 0.3 is 39.5 Å². The second-order valence-electron chi connectivity index (χ2n) is 25.9. The molecule has 2 unspecified atom stereocenters. The number of hydrogen-bond acceptors (Lipinski definition) is 15. The number of esters is 4. The van der Waals surface area contributed by atoms with Crippen LogP contribution in [-0.2, 0) is 65.4 Å². The van der Waals surface area contributed by atoms with Gasteiger partial charge in [0.1, 0.15) is 19.3 Å². The van der Waals surface area contributed by atoms with E-state index in [9.17, 15) is 43.2 Å². The number of carbonyl (C=O) groups is 4. The molecule has 0 rings (SSSR count). The van der Waals surface area contributed by atoms with Crippen LogP contribution in [0.3, 0.4) is 0 Å². The molecule has 3 N–H and O–H groups in total. The molecule has 0 radical (unpaired) electrons. The number of aliphatic hydroxyl groups excluding tert-OH is 1. The quantitative estimate of drug-likeness (QED) is 0.0222. The van der Waals surface area contributed by atoms with Crippen LogP contribution < -0.4 is 0 Å². The predicted molar refractivity (Wildman–Crippen MR) is 354 cm³/mol. The third-order valence-electron chi connectivity index (χ3n) is 16.0. The van der Waals surface area contributed by atoms with Gasteiger partial charge in [-0.05, 0) is 37.5 Å². The van der Waals surface area contributed by atoms with Crippen LogP contribution in [0.4, 0.5) is 0 Å². The van der Waals surface area contributed by atoms with Crippen LogP contribution in [-0.4, -0.2) is 96.7 Å². The maximum Gasteiger partial charge on any atom is 0.472 e. The zero-order valence-corrected chi connectivity index (χ0v) is 58.8. The second kappa shape index (κ2) is 61.3. The van der Waals surface area contributed by atoms with E-state index in [4.69, 9.17) is 37.0 Å². The maximum atomic E-state index is 13.0. The highest BCUT2D eigenvalue weighted by atomic mass is 31.2. The van der Waals surface area contributed by atoms with E-state index in [1.165, 1.54) is 161 Å². The highest BCUT2D eigenvalue weighted by Crippen LogP contribution is 2.45. The first kappa shape index (κ1) is 86.1. The van der Waals surface area contributed by atoms with E-state index >= 15 is 0 Å². The van der Waals surface area contributed by atoms with Crippen LogP contribution in [0.2, 0.25) is 0 Å². The van der Waals surface area contributed by atoms with Gasteiger partial charge in [0.2, 0.25) is 0 Å². The lowest BCUT2D eigenvalue weighted by molar-refractivity contribution is -0.161. The molecular weight excluding hydrogens is 1160 g/mol. The van der Waals surface area contributed by atoms with E-state index < -0.39 is 97.5 Å². The van der Waals surface area contributed by atoms with Crippen LogP contribution in [0.1, 0.15) is 350 Å². The molecule has 0 aromatic rings. The van der Waals surface area contributed by atoms with Gasteiger partial charge in [0.05, 0.1) is 26.4 Å². The van der Waals surface area contributed by atoms with Crippen molar-refractivity contribution in [2.24, 2.45) is 11.8 Å². The molecule has 17 nitrogen and oxygen atoms in total. The fraction of sp³-hybridized carbons (Fsp3) is 0.942. The summed E-state index contributed by atoms with van der Waals surface area (Å²) in [6.45, 7) is 9.40. The Labute approximate surface area is 537 Å². The smallest absolute Gasteiger partial charge is 0.462 e. The molecule has 0 aromatic heterocycles. The topological polar surface area (TPSA) is 237 Å². The Balaban J connectivity index is 5.23. The Morgan fingerprint density at radius 2 is 0.523 bits per heavy atom. The monoisotopic (exact) mass is 1300 g/mol. The molecule has 0 saturated carbocycles. The van der Waals surface area contributed by atoms with Crippen LogP contribution >= 0.6 is 15.6 Å². The summed E-state index contributed by atoms with van der Waals surface area (Å²) in [5.41, 5.74) is 0. The first-order valence-electron chi connectivity index (χ1n) is 36.0. The summed E-state index contributed by atoms with van der Waals surface area (Å²) >= 11 is 0. The van der Waals surface area contributed by atoms with E-state index in [0.29, 0.717) is 37.5 Å². The lowest BCUT2D eigenvalue weighted by Crippen LogP contribution is -2.30. The Hall–Kier alpha value is -1.94. The fourth-order valence-corrected chi connectivity index (χ4v) is 12.0. The van der Waals surface area contributed by atoms with E-state index in [1.54, 1.807) is 0 Å². The average Bonchev–Trinajstić information content (AvgIpc) is 3.69. The zero-order valence-electron chi connectivity index (χ0n) is 57.0. The molecule has 522 valence electrons. The second-order valence-corrected chi connectivity index (χ2v) is 28.8. The average molecular weight is 1300 g/mol. The fourth-order valence-electron chi connectivity index (χ4n) is 10.4. The Morgan fingerprint density at radius 1 is 0.307 bits per heavy atom. The molecule has 0 spiro atoms. The van der Waals surface area contributed by atoms with Gasteiger partial charge in [0.15, 0.2) is 12.2 Å². The van der Waals surface area contributed by atoms with Crippen molar-refractivity contribution in [3.63, 3.8) is 0 Å². The van der Waals surface area contributed by atoms with Gasteiger partial charge in [-0.3, -0.25) is 37.3 Å². The van der Waals surface area contributed by atoms with E-state index in [1.807, 2.05) is 0 Å². The summed E-state index contributed by atoms with van der Waals surface area (Å²) in [5.74, 6) is -0.753. The lowest BCUT2D eigenvalue weighted by Gasteiger charge is -2.21. The van der Waals surface area contributed by atoms with E-state index in [0.717, 1.165) is 96.3 Å². The molecule has 0 aromatic carbocycles. The first-order chi connectivity index (χ1) is 42.4. The largest absolute Gasteiger partial charge is 0.472 e. The van der Waals surface area contributed by atoms with Gasteiger partial charge in [-0.25, -0.2) is 9.13 Å². The van der Waals surface area contributed by atoms with Crippen LogP contribution in [0.15, 0.2) is 0 Å². The Bertz CT molecular complexity index is 1720. The lowest BCUT2D eigenvalue weighted by atomic mass is 10.0. The number of aliphatic hydroxyl groups is 1. The first-order valence-corrected chi connectivity index (χ1v) is 39.0. The van der Waals surface area contributed by atoms with Crippen LogP contribution in [0.25, 0.3) is 0 Å². The van der Waals surface area contributed by atoms with Crippen molar-refractivity contribution in [2.75, 3.05) is 39.6 Å². The normalized spacial score (nSPS) is 14.2. The number of carbonyl (C=O) groups excluding carboxylic acids is 4. The molecule has 0 amide bonds. The van der Waals surface area contributed by atoms with Gasteiger partial charge in [0.25, 0.3) is 0 Å². The molecule has 0 heterocycles. The summed E-state index contributed by atoms with van der Waals surface area (Å²) in [7, 11) is -9.90. The molecule has 0 saturated heterocycles. The molecule has 0 aliphatic carbocycles. The zero-order chi connectivity index (χ0) is 65.0. The SMILES string of the molecule is CCCCCCCCCCCCCCCCCCC(=O)O[C@H](COC(=O)CCCCCCCCCCCCCCC)COP(=O)(O)OC[C@@H](O)COP(=O)(O)OC[C@@H](COC(=O)CCCCCCCCC(C)C)OC(=O)CCCCCCCCCC(C)C. The van der Waals surface area contributed by atoms with Crippen molar-refractivity contribution in [2.45, 2.75) is 368 Å². The molecule has 19 heteroatoms. The molecule has 0 bridgehead atoms. The number of phosphoric acid groups is 2. The molecule has 88 heavy (non-hydrogen) atoms. The number of ether oxygens (including phenoxy) is 4. The van der Waals surface area contributed by atoms with Crippen molar-refractivity contribution in [3.05, 3.63) is 0 Å². The van der Waals surface area contributed by atoms with E-state index in [-0.39, 0.29) is 25.7 Å². The highest BCUT2D eigenvalue weighted by Gasteiger charge is 2.30. The van der Waals surface area contributed by atoms with Crippen LogP contribution in [0, 0.1) is 11.8 Å². The standard InChI is InChI=1S/C69H134O17P2/c1-7-9-11-13-15-17-19-21-22-23-25-27-29-33-41-47-53-68(73)85-64(57-79-66(71)51-45-39-32-28-26-24-20-18-16-14-12-10-8-2)59-83-87(75,76)81-55-63(70)56-82-88(77,78)84-60-65(58-80-67(72)52-46-40-36-35-38-44-50-62(5)6)86-69(74)54-48-42-34-30-31-37-43-49-61(3)4/h61-65,70H,7-60H2,1-6H3,(H,75,76)(H,77,78)/t63-,64-,65-/m1/s1. The summed E-state index contributed by atoms with van der Waals surface area (Å²) in [6.07, 6.45) is 46.0. The minimum Gasteiger partial charge on any atom is -0.462 e. The van der Waals surface area contributed by atoms with Gasteiger partial charge < -0.3 is 33.8 Å². The summed E-state index contributed by atoms with van der Waals surface area (Å²) in [6, 6.07) is 0. The van der Waals surface area contributed by atoms with E-state index in [2.05, 4.69) is 41.5 Å². The summed E-state index contributed by atoms with van der Waals surface area (Å²) in [4.78, 5) is 72.4. The van der Waals surface area contributed by atoms with Crippen molar-refractivity contribution in [1.82, 2.24) is 0 Å². The number of rotatable bonds is 68. The van der Waals surface area contributed by atoms with Gasteiger partial charge in [-0.2, -0.15) is 0 Å². The van der Waals surface area contributed by atoms with Crippen molar-refractivity contribution >= 4 is 39.5 Å². The third-order valence-corrected chi connectivity index (χ3v) is 17.9. The molecule has 0 aliphatic heterocycles. The third kappa shape index (κ3) is 62.8. The van der Waals surface area contributed by atoms with Gasteiger partial charge in [-0.15, -0.1) is 0 Å². The Kier molecular flexibility index (Phi) is 59.9. The van der Waals surface area contributed by atoms with Crippen LogP contribution in [0.5, 0.6) is 0 Å². The van der Waals surface area contributed by atoms with Gasteiger partial charge in [0, 0.05) is 25.7 Å². The minimum absolute atomic E-state index is 0.102. The summed E-state index contributed by atoms with van der Waals surface area (Å²) in [5, 5.41) is 10.6. The van der Waals surface area contributed by atoms with Gasteiger partial charge in [-0.1, -0.05) is 298 Å². The minimum atomic E-state index is -4.95. The highest BCUT2D eigenvalue weighted by molar-refractivity contribution is 7.47. The summed E-state index contributed by atoms with van der Waals surface area (Å²) < 4.78 is 68.2. The molecule has 0 fully saturated rings.